The molecule has 0 saturated carbocycles. The predicted octanol–water partition coefficient (Wildman–Crippen LogP) is 4.34. The molecule has 4 rings (SSSR count). The number of carbonyl (C=O) groups is 3. The van der Waals surface area contributed by atoms with Crippen molar-refractivity contribution in [3.05, 3.63) is 54.5 Å². The number of hydrogen-bond acceptors (Lipinski definition) is 13. The van der Waals surface area contributed by atoms with Crippen LogP contribution in [0.2, 0.25) is 0 Å². The number of nitrogen functional groups attached to an aromatic ring is 1. The second-order valence-corrected chi connectivity index (χ2v) is 14.2. The molecule has 262 valence electrons. The molecule has 1 fully saturated rings. The van der Waals surface area contributed by atoms with Crippen LogP contribution in [0.15, 0.2) is 48.8 Å². The SMILES string of the molecule is CCC(C)(C)CCOC(=O)[C@H](C)NP(=O)(OC[C@H]1O[C@@](C)(c2ccc3c(N)ncnn23)[C@H](OC(C)=O)[C@@H]1OC(C)=O)Oc1ccccc1. The van der Waals surface area contributed by atoms with Crippen LogP contribution in [-0.4, -0.2) is 70.1 Å². The second kappa shape index (κ2) is 15.0. The molecule has 0 spiro atoms. The molecule has 1 unspecified atom stereocenters. The first-order chi connectivity index (χ1) is 22.6. The quantitative estimate of drug-likeness (QED) is 0.130. The summed E-state index contributed by atoms with van der Waals surface area (Å²) in [7, 11) is -4.35. The van der Waals surface area contributed by atoms with E-state index in [0.717, 1.165) is 6.42 Å². The van der Waals surface area contributed by atoms with Crippen molar-refractivity contribution in [2.75, 3.05) is 18.9 Å². The number of nitrogens with zero attached hydrogens (tertiary/aromatic N) is 3. The van der Waals surface area contributed by atoms with E-state index in [1.807, 2.05) is 0 Å². The molecular weight excluding hydrogens is 645 g/mol. The van der Waals surface area contributed by atoms with Crippen molar-refractivity contribution < 1.29 is 46.9 Å². The van der Waals surface area contributed by atoms with E-state index in [1.165, 1.54) is 31.6 Å². The fourth-order valence-electron chi connectivity index (χ4n) is 5.21. The molecule has 1 saturated heterocycles. The number of nitrogens with one attached hydrogen (secondary N) is 1. The fourth-order valence-corrected chi connectivity index (χ4v) is 6.71. The van der Waals surface area contributed by atoms with Gasteiger partial charge in [0.05, 0.1) is 18.9 Å². The van der Waals surface area contributed by atoms with Crippen LogP contribution < -0.4 is 15.3 Å². The van der Waals surface area contributed by atoms with Crippen molar-refractivity contribution in [1.82, 2.24) is 19.7 Å². The van der Waals surface area contributed by atoms with Gasteiger partial charge in [0.25, 0.3) is 0 Å². The Morgan fingerprint density at radius 3 is 2.46 bits per heavy atom. The second-order valence-electron chi connectivity index (χ2n) is 12.5. The summed E-state index contributed by atoms with van der Waals surface area (Å²) in [5, 5.41) is 6.94. The predicted molar refractivity (Wildman–Crippen MR) is 174 cm³/mol. The minimum atomic E-state index is -4.35. The van der Waals surface area contributed by atoms with Crippen LogP contribution in [0.25, 0.3) is 5.52 Å². The van der Waals surface area contributed by atoms with Gasteiger partial charge in [-0.2, -0.15) is 10.2 Å². The summed E-state index contributed by atoms with van der Waals surface area (Å²) >= 11 is 0. The molecule has 16 heteroatoms. The molecular formula is C32H44N5O10P. The molecule has 3 N–H and O–H groups in total. The normalized spacial score (nSPS) is 22.9. The third-order valence-electron chi connectivity index (χ3n) is 8.25. The van der Waals surface area contributed by atoms with Crippen LogP contribution in [0, 0.1) is 5.41 Å². The van der Waals surface area contributed by atoms with Gasteiger partial charge in [-0.3, -0.25) is 18.9 Å². The summed E-state index contributed by atoms with van der Waals surface area (Å²) in [4.78, 5) is 41.6. The number of aromatic nitrogens is 3. The van der Waals surface area contributed by atoms with Crippen LogP contribution >= 0.6 is 7.75 Å². The van der Waals surface area contributed by atoms with Crippen LogP contribution in [0.4, 0.5) is 5.82 Å². The standard InChI is InChI=1S/C32H44N5O10P/c1-8-31(5,6)16-17-42-30(40)20(2)36-48(41,47-23-12-10-9-11-13-23)43-18-25-27(44-21(3)38)28(45-22(4)39)32(7,46-25)26-15-14-24-29(33)34-19-35-37(24)26/h9-15,19-20,25,27-28H,8,16-18H2,1-7H3,(H,36,41)(H2,33,34,35)/t20-,25+,27+,28+,32-,48?/m0/s1. The van der Waals surface area contributed by atoms with E-state index in [2.05, 4.69) is 35.9 Å². The van der Waals surface area contributed by atoms with Crippen LogP contribution in [0.3, 0.4) is 0 Å². The first-order valence-electron chi connectivity index (χ1n) is 15.6. The summed E-state index contributed by atoms with van der Waals surface area (Å²) in [6.45, 7) is 11.4. The molecule has 3 heterocycles. The third-order valence-corrected chi connectivity index (χ3v) is 9.90. The van der Waals surface area contributed by atoms with E-state index in [9.17, 15) is 18.9 Å². The smallest absolute Gasteiger partial charge is 0.459 e. The number of para-hydroxylation sites is 1. The number of benzene rings is 1. The summed E-state index contributed by atoms with van der Waals surface area (Å²) < 4.78 is 50.7. The van der Waals surface area contributed by atoms with Crippen molar-refractivity contribution in [3.63, 3.8) is 0 Å². The highest BCUT2D eigenvalue weighted by molar-refractivity contribution is 7.52. The zero-order chi connectivity index (χ0) is 35.3. The van der Waals surface area contributed by atoms with Gasteiger partial charge in [0.15, 0.2) is 18.0 Å². The van der Waals surface area contributed by atoms with Gasteiger partial charge >= 0.3 is 25.7 Å². The highest BCUT2D eigenvalue weighted by Crippen LogP contribution is 2.48. The maximum atomic E-state index is 14.3. The first-order valence-corrected chi connectivity index (χ1v) is 17.2. The zero-order valence-corrected chi connectivity index (χ0v) is 29.1. The highest BCUT2D eigenvalue weighted by atomic mass is 31.2. The summed E-state index contributed by atoms with van der Waals surface area (Å²) in [6.07, 6.45) is -0.772. The number of anilines is 1. The van der Waals surface area contributed by atoms with Crippen molar-refractivity contribution in [2.45, 2.75) is 91.3 Å². The number of nitrogens with two attached hydrogens (primary N) is 1. The minimum absolute atomic E-state index is 0.0171. The molecule has 0 aliphatic carbocycles. The van der Waals surface area contributed by atoms with Crippen LogP contribution in [-0.2, 0) is 48.0 Å². The Bertz CT molecular complexity index is 1650. The lowest BCUT2D eigenvalue weighted by Crippen LogP contribution is -2.45. The molecule has 0 bridgehead atoms. The van der Waals surface area contributed by atoms with Crippen molar-refractivity contribution in [2.24, 2.45) is 5.41 Å². The lowest BCUT2D eigenvalue weighted by Gasteiger charge is -2.30. The van der Waals surface area contributed by atoms with Gasteiger partial charge in [-0.1, -0.05) is 45.4 Å². The third kappa shape index (κ3) is 8.70. The largest absolute Gasteiger partial charge is 0.465 e. The Balaban J connectivity index is 1.62. The van der Waals surface area contributed by atoms with Crippen LogP contribution in [0.1, 0.15) is 67.0 Å². The number of fused-ring (bicyclic) bond motifs is 1. The Morgan fingerprint density at radius 2 is 1.81 bits per heavy atom. The average molecular weight is 690 g/mol. The summed E-state index contributed by atoms with van der Waals surface area (Å²) in [5.41, 5.74) is 5.42. The van der Waals surface area contributed by atoms with E-state index < -0.39 is 62.2 Å². The van der Waals surface area contributed by atoms with E-state index in [4.69, 9.17) is 33.7 Å². The van der Waals surface area contributed by atoms with E-state index in [-0.39, 0.29) is 23.6 Å². The van der Waals surface area contributed by atoms with E-state index >= 15 is 0 Å². The molecule has 1 aromatic carbocycles. The molecule has 0 amide bonds. The lowest BCUT2D eigenvalue weighted by atomic mass is 9.87. The number of rotatable bonds is 15. The Kier molecular flexibility index (Phi) is 11.5. The lowest BCUT2D eigenvalue weighted by molar-refractivity contribution is -0.168. The molecule has 48 heavy (non-hydrogen) atoms. The van der Waals surface area contributed by atoms with Gasteiger partial charge in [-0.15, -0.1) is 0 Å². The van der Waals surface area contributed by atoms with Gasteiger partial charge in [0.2, 0.25) is 0 Å². The molecule has 1 aliphatic heterocycles. The van der Waals surface area contributed by atoms with Crippen molar-refractivity contribution in [1.29, 1.82) is 0 Å². The fraction of sp³-hybridized carbons (Fsp3) is 0.531. The van der Waals surface area contributed by atoms with E-state index in [1.54, 1.807) is 49.4 Å². The van der Waals surface area contributed by atoms with Gasteiger partial charge in [-0.25, -0.2) is 14.1 Å². The zero-order valence-electron chi connectivity index (χ0n) is 28.2. The first kappa shape index (κ1) is 36.8. The molecule has 1 aliphatic rings. The molecule has 3 aromatic rings. The topological polar surface area (TPSA) is 192 Å². The van der Waals surface area contributed by atoms with Gasteiger partial charge in [0, 0.05) is 13.8 Å². The molecule has 0 radical (unpaired) electrons. The molecule has 2 aromatic heterocycles. The molecule has 6 atom stereocenters. The van der Waals surface area contributed by atoms with Crippen LogP contribution in [0.5, 0.6) is 5.75 Å². The average Bonchev–Trinajstić information content (AvgIpc) is 3.57. The monoisotopic (exact) mass is 689 g/mol. The van der Waals surface area contributed by atoms with Crippen molar-refractivity contribution in [3.8, 4) is 5.75 Å². The summed E-state index contributed by atoms with van der Waals surface area (Å²) in [5.74, 6) is -1.61. The van der Waals surface area contributed by atoms with E-state index in [0.29, 0.717) is 17.6 Å². The number of carbonyl (C=O) groups excluding carboxylic acids is 3. The van der Waals surface area contributed by atoms with Gasteiger partial charge in [0.1, 0.15) is 35.3 Å². The number of hydrogen-bond donors (Lipinski definition) is 2. The highest BCUT2D eigenvalue weighted by Gasteiger charge is 2.59. The van der Waals surface area contributed by atoms with Crippen molar-refractivity contribution >= 4 is 37.0 Å². The number of ether oxygens (including phenoxy) is 4. The Morgan fingerprint density at radius 1 is 1.12 bits per heavy atom. The maximum Gasteiger partial charge on any atom is 0.459 e. The maximum absolute atomic E-state index is 14.3. The Labute approximate surface area is 279 Å². The minimum Gasteiger partial charge on any atom is -0.465 e. The number of esters is 3. The van der Waals surface area contributed by atoms with Gasteiger partial charge in [-0.05, 0) is 49.9 Å². The summed E-state index contributed by atoms with van der Waals surface area (Å²) in [6, 6.07) is 10.5. The Hall–Kier alpha value is -4.04. The van der Waals surface area contributed by atoms with Gasteiger partial charge < -0.3 is 29.2 Å². The molecule has 15 nitrogen and oxygen atoms in total.